The maximum Gasteiger partial charge on any atom is 0.264 e. The Morgan fingerprint density at radius 1 is 1.16 bits per heavy atom. The van der Waals surface area contributed by atoms with Gasteiger partial charge in [-0.3, -0.25) is 10.1 Å². The number of aromatic nitrogens is 6. The number of fused-ring (bicyclic) bond motifs is 1. The largest absolute Gasteiger partial charge is 0.345 e. The minimum Gasteiger partial charge on any atom is -0.345 e. The van der Waals surface area contributed by atoms with Crippen LogP contribution in [0.25, 0.3) is 33.5 Å². The fourth-order valence-corrected chi connectivity index (χ4v) is 4.93. The van der Waals surface area contributed by atoms with Crippen LogP contribution in [0, 0.1) is 17.0 Å². The highest BCUT2D eigenvalue weighted by Gasteiger charge is 2.15. The van der Waals surface area contributed by atoms with Crippen molar-refractivity contribution in [2.45, 2.75) is 26.8 Å². The smallest absolute Gasteiger partial charge is 0.264 e. The Balaban J connectivity index is 1.48. The molecular weight excluding hydrogens is 500 g/mol. The van der Waals surface area contributed by atoms with Gasteiger partial charge in [0, 0.05) is 24.2 Å². The second kappa shape index (κ2) is 10.9. The fourth-order valence-electron chi connectivity index (χ4n) is 4.52. The summed E-state index contributed by atoms with van der Waals surface area (Å²) in [7, 11) is 0. The average Bonchev–Trinajstić information content (AvgIpc) is 3.57. The van der Waals surface area contributed by atoms with E-state index < -0.39 is 4.92 Å². The molecule has 0 aliphatic heterocycles. The molecule has 0 saturated heterocycles. The van der Waals surface area contributed by atoms with Crippen molar-refractivity contribution in [2.24, 2.45) is 0 Å². The van der Waals surface area contributed by atoms with Gasteiger partial charge in [0.15, 0.2) is 5.82 Å². The molecular formula is C27H26N8O2S. The van der Waals surface area contributed by atoms with Gasteiger partial charge in [-0.1, -0.05) is 55.5 Å². The predicted octanol–water partition coefficient (Wildman–Crippen LogP) is 5.65. The maximum absolute atomic E-state index is 11.0. The van der Waals surface area contributed by atoms with E-state index in [1.165, 1.54) is 11.8 Å². The van der Waals surface area contributed by atoms with Crippen LogP contribution in [-0.2, 0) is 13.0 Å². The molecule has 0 spiro atoms. The number of anilines is 1. The van der Waals surface area contributed by atoms with Gasteiger partial charge in [-0.15, -0.1) is 16.9 Å². The molecule has 0 aliphatic carbocycles. The second-order valence-electron chi connectivity index (χ2n) is 8.73. The molecule has 0 atom stereocenters. The number of hydrogen-bond donors (Lipinski definition) is 2. The number of tetrazole rings is 1. The number of aryl methyl sites for hydroxylation is 2. The lowest BCUT2D eigenvalue weighted by atomic mass is 9.98. The van der Waals surface area contributed by atoms with Crippen LogP contribution in [0.5, 0.6) is 0 Å². The van der Waals surface area contributed by atoms with Gasteiger partial charge in [-0.05, 0) is 58.0 Å². The zero-order valence-corrected chi connectivity index (χ0v) is 22.0. The van der Waals surface area contributed by atoms with Crippen LogP contribution in [0.15, 0.2) is 71.9 Å². The summed E-state index contributed by atoms with van der Waals surface area (Å²) in [6.45, 7) is 4.75. The van der Waals surface area contributed by atoms with Gasteiger partial charge in [0.25, 0.3) is 6.20 Å². The number of H-pyrrole nitrogens is 1. The Hall–Kier alpha value is -4.51. The van der Waals surface area contributed by atoms with Gasteiger partial charge in [-0.2, -0.15) is 0 Å². The molecule has 0 fully saturated rings. The number of thioether (sulfide) groups is 1. The zero-order valence-electron chi connectivity index (χ0n) is 21.2. The number of nitrogens with one attached hydrogen (secondary N) is 2. The molecule has 0 bridgehead atoms. The van der Waals surface area contributed by atoms with Gasteiger partial charge < -0.3 is 9.88 Å². The van der Waals surface area contributed by atoms with Crippen molar-refractivity contribution in [3.8, 4) is 22.5 Å². The monoisotopic (exact) mass is 526 g/mol. The predicted molar refractivity (Wildman–Crippen MR) is 150 cm³/mol. The van der Waals surface area contributed by atoms with Gasteiger partial charge in [0.2, 0.25) is 0 Å². The summed E-state index contributed by atoms with van der Waals surface area (Å²) >= 11 is 1.29. The lowest BCUT2D eigenvalue weighted by Gasteiger charge is -2.12. The Kier molecular flexibility index (Phi) is 7.18. The van der Waals surface area contributed by atoms with E-state index in [1.54, 1.807) is 6.26 Å². The van der Waals surface area contributed by atoms with Crippen molar-refractivity contribution in [2.75, 3.05) is 11.6 Å². The molecule has 0 unspecified atom stereocenters. The van der Waals surface area contributed by atoms with Gasteiger partial charge in [-0.25, -0.2) is 10.1 Å². The molecule has 3 aromatic carbocycles. The highest BCUT2D eigenvalue weighted by atomic mass is 32.2. The summed E-state index contributed by atoms with van der Waals surface area (Å²) in [6.07, 6.45) is 3.57. The fraction of sp³-hybridized carbons (Fsp3) is 0.185. The molecule has 0 amide bonds. The summed E-state index contributed by atoms with van der Waals surface area (Å²) in [5, 5.41) is 29.0. The first-order chi connectivity index (χ1) is 18.5. The molecule has 0 aliphatic rings. The summed E-state index contributed by atoms with van der Waals surface area (Å²) in [6, 6.07) is 20.4. The van der Waals surface area contributed by atoms with Crippen LogP contribution in [0.2, 0.25) is 0 Å². The third-order valence-corrected chi connectivity index (χ3v) is 6.93. The van der Waals surface area contributed by atoms with Crippen molar-refractivity contribution in [3.05, 3.63) is 99.0 Å². The van der Waals surface area contributed by atoms with Crippen LogP contribution < -0.4 is 5.32 Å². The lowest BCUT2D eigenvalue weighted by Crippen LogP contribution is -2.05. The summed E-state index contributed by atoms with van der Waals surface area (Å²) < 4.78 is 2.21. The van der Waals surface area contributed by atoms with Crippen LogP contribution in [0.3, 0.4) is 0 Å². The highest BCUT2D eigenvalue weighted by molar-refractivity contribution is 8.02. The van der Waals surface area contributed by atoms with Gasteiger partial charge in [0.1, 0.15) is 10.9 Å². The molecule has 0 radical (unpaired) electrons. The van der Waals surface area contributed by atoms with E-state index in [9.17, 15) is 10.1 Å². The molecule has 192 valence electrons. The standard InChI is InChI=1S/C27H26N8O2S/c1-4-24-29-26-17(2)13-20(28-25(38-3)16-35(36)37)14-23(26)34(24)15-18-9-11-19(12-10-18)21-7-5-6-8-22(21)27-30-32-33-31-27/h5-14,16,28H,4,15H2,1-3H3,(H,30,31,32,33). The average molecular weight is 527 g/mol. The molecule has 11 heteroatoms. The van der Waals surface area contributed by atoms with Gasteiger partial charge in [0.05, 0.1) is 16.0 Å². The van der Waals surface area contributed by atoms with Crippen LogP contribution >= 0.6 is 11.8 Å². The molecule has 5 rings (SSSR count). The number of nitro groups is 1. The number of benzene rings is 3. The molecule has 0 saturated carbocycles. The third kappa shape index (κ3) is 5.14. The number of imidazole rings is 1. The minimum absolute atomic E-state index is 0.450. The van der Waals surface area contributed by atoms with E-state index in [0.29, 0.717) is 17.4 Å². The van der Waals surface area contributed by atoms with E-state index in [0.717, 1.165) is 63.0 Å². The van der Waals surface area contributed by atoms with E-state index >= 15 is 0 Å². The molecule has 38 heavy (non-hydrogen) atoms. The Morgan fingerprint density at radius 3 is 2.58 bits per heavy atom. The molecule has 5 aromatic rings. The second-order valence-corrected chi connectivity index (χ2v) is 9.58. The Labute approximate surface area is 223 Å². The van der Waals surface area contributed by atoms with Crippen LogP contribution in [0.1, 0.15) is 23.9 Å². The number of hydrogen-bond acceptors (Lipinski definition) is 8. The van der Waals surface area contributed by atoms with Crippen molar-refractivity contribution < 1.29 is 4.92 Å². The normalized spacial score (nSPS) is 11.7. The zero-order chi connectivity index (χ0) is 26.6. The number of aromatic amines is 1. The first-order valence-electron chi connectivity index (χ1n) is 12.0. The van der Waals surface area contributed by atoms with Crippen LogP contribution in [0.4, 0.5) is 5.69 Å². The summed E-state index contributed by atoms with van der Waals surface area (Å²) in [5.41, 5.74) is 7.89. The number of nitrogens with zero attached hydrogens (tertiary/aromatic N) is 6. The van der Waals surface area contributed by atoms with E-state index in [2.05, 4.69) is 67.8 Å². The summed E-state index contributed by atoms with van der Waals surface area (Å²) in [5.74, 6) is 1.61. The topological polar surface area (TPSA) is 127 Å². The molecule has 10 nitrogen and oxygen atoms in total. The third-order valence-electron chi connectivity index (χ3n) is 6.28. The number of rotatable bonds is 9. The molecule has 2 N–H and O–H groups in total. The van der Waals surface area contributed by atoms with Crippen molar-refractivity contribution in [1.82, 2.24) is 30.2 Å². The molecule has 2 heterocycles. The SMILES string of the molecule is CCc1nc2c(C)cc(NC(=C[N+](=O)[O-])SC)cc2n1Cc1ccc(-c2ccccc2-c2nnn[nH]2)cc1. The maximum atomic E-state index is 11.0. The van der Waals surface area contributed by atoms with E-state index in [1.807, 2.05) is 37.3 Å². The minimum atomic E-state index is -0.450. The first kappa shape index (κ1) is 25.2. The summed E-state index contributed by atoms with van der Waals surface area (Å²) in [4.78, 5) is 15.4. The van der Waals surface area contributed by atoms with Gasteiger partial charge >= 0.3 is 0 Å². The van der Waals surface area contributed by atoms with E-state index in [-0.39, 0.29) is 0 Å². The van der Waals surface area contributed by atoms with Crippen molar-refractivity contribution in [1.29, 1.82) is 0 Å². The first-order valence-corrected chi connectivity index (χ1v) is 13.3. The highest BCUT2D eigenvalue weighted by Crippen LogP contribution is 2.31. The quantitative estimate of drug-likeness (QED) is 0.186. The van der Waals surface area contributed by atoms with E-state index in [4.69, 9.17) is 4.98 Å². The van der Waals surface area contributed by atoms with Crippen molar-refractivity contribution in [3.63, 3.8) is 0 Å². The molecule has 2 aromatic heterocycles. The van der Waals surface area contributed by atoms with Crippen molar-refractivity contribution >= 4 is 28.5 Å². The Bertz CT molecular complexity index is 1630. The van der Waals surface area contributed by atoms with Crippen LogP contribution in [-0.4, -0.2) is 41.4 Å². The lowest BCUT2D eigenvalue weighted by molar-refractivity contribution is -0.402. The Morgan fingerprint density at radius 2 is 1.92 bits per heavy atom.